The van der Waals surface area contributed by atoms with Gasteiger partial charge in [0.05, 0.1) is 19.0 Å². The molecule has 3 rings (SSSR count). The Bertz CT molecular complexity index is 856. The third kappa shape index (κ3) is 3.05. The molecule has 0 aliphatic rings. The first-order valence-electron chi connectivity index (χ1n) is 7.10. The average molecular weight is 312 g/mol. The smallest absolute Gasteiger partial charge is 0.295 e. The Morgan fingerprint density at radius 3 is 2.91 bits per heavy atom. The highest BCUT2D eigenvalue weighted by Gasteiger charge is 2.14. The van der Waals surface area contributed by atoms with Gasteiger partial charge in [0.2, 0.25) is 5.75 Å². The number of nitrogens with one attached hydrogen (secondary N) is 2. The minimum absolute atomic E-state index is 0.105. The lowest BCUT2D eigenvalue weighted by Gasteiger charge is -2.09. The molecule has 0 bridgehead atoms. The predicted octanol–water partition coefficient (Wildman–Crippen LogP) is 1.80. The standard InChI is InChI=1S/C15H16N6O2/c1-3-21-9-10(8-17-21)18-14-12(23-2)15(22)20-13(19-14)11-6-4-5-7-16-11/h4-9H,3H2,1-2H3,(H2,18,19,20,22). The van der Waals surface area contributed by atoms with Gasteiger partial charge in [0, 0.05) is 18.9 Å². The Morgan fingerprint density at radius 1 is 1.39 bits per heavy atom. The molecule has 0 fully saturated rings. The molecule has 0 saturated heterocycles. The van der Waals surface area contributed by atoms with Crippen molar-refractivity contribution in [3.8, 4) is 17.3 Å². The second-order valence-corrected chi connectivity index (χ2v) is 4.72. The summed E-state index contributed by atoms with van der Waals surface area (Å²) in [6, 6.07) is 5.39. The zero-order chi connectivity index (χ0) is 16.2. The number of anilines is 2. The summed E-state index contributed by atoms with van der Waals surface area (Å²) < 4.78 is 6.92. The van der Waals surface area contributed by atoms with Crippen molar-refractivity contribution in [3.05, 3.63) is 47.1 Å². The molecule has 3 aromatic heterocycles. The normalized spacial score (nSPS) is 10.5. The number of methoxy groups -OCH3 is 1. The maximum Gasteiger partial charge on any atom is 0.295 e. The molecule has 0 unspecified atom stereocenters. The van der Waals surface area contributed by atoms with E-state index < -0.39 is 0 Å². The van der Waals surface area contributed by atoms with Gasteiger partial charge in [-0.2, -0.15) is 5.10 Å². The number of aryl methyl sites for hydroxylation is 1. The quantitative estimate of drug-likeness (QED) is 0.745. The van der Waals surface area contributed by atoms with Crippen LogP contribution < -0.4 is 15.6 Å². The molecule has 0 amide bonds. The average Bonchev–Trinajstić information content (AvgIpc) is 3.03. The number of hydrogen-bond acceptors (Lipinski definition) is 6. The minimum Gasteiger partial charge on any atom is -0.489 e. The van der Waals surface area contributed by atoms with Crippen LogP contribution in [0.5, 0.6) is 5.75 Å². The lowest BCUT2D eigenvalue weighted by molar-refractivity contribution is 0.408. The van der Waals surface area contributed by atoms with Crippen LogP contribution in [-0.2, 0) is 6.54 Å². The second kappa shape index (κ2) is 6.30. The summed E-state index contributed by atoms with van der Waals surface area (Å²) in [7, 11) is 1.42. The van der Waals surface area contributed by atoms with Crippen LogP contribution in [0, 0.1) is 0 Å². The highest BCUT2D eigenvalue weighted by atomic mass is 16.5. The molecular formula is C15H16N6O2. The number of pyridine rings is 1. The molecule has 0 saturated carbocycles. The van der Waals surface area contributed by atoms with Crippen molar-refractivity contribution in [2.45, 2.75) is 13.5 Å². The molecule has 0 atom stereocenters. The van der Waals surface area contributed by atoms with E-state index in [1.54, 1.807) is 29.2 Å². The predicted molar refractivity (Wildman–Crippen MR) is 85.8 cm³/mol. The van der Waals surface area contributed by atoms with Crippen LogP contribution >= 0.6 is 0 Å². The molecule has 2 N–H and O–H groups in total. The van der Waals surface area contributed by atoms with Gasteiger partial charge in [0.1, 0.15) is 5.69 Å². The number of hydrogen-bond donors (Lipinski definition) is 2. The van der Waals surface area contributed by atoms with Crippen LogP contribution in [0.4, 0.5) is 11.5 Å². The fourth-order valence-electron chi connectivity index (χ4n) is 2.10. The molecule has 0 aromatic carbocycles. The molecule has 0 aliphatic heterocycles. The summed E-state index contributed by atoms with van der Waals surface area (Å²) in [4.78, 5) is 23.5. The second-order valence-electron chi connectivity index (χ2n) is 4.72. The van der Waals surface area contributed by atoms with E-state index in [9.17, 15) is 4.79 Å². The van der Waals surface area contributed by atoms with Gasteiger partial charge >= 0.3 is 0 Å². The van der Waals surface area contributed by atoms with Gasteiger partial charge in [-0.15, -0.1) is 0 Å². The fraction of sp³-hybridized carbons (Fsp3) is 0.200. The van der Waals surface area contributed by atoms with E-state index in [4.69, 9.17) is 4.74 Å². The van der Waals surface area contributed by atoms with Gasteiger partial charge in [-0.3, -0.25) is 14.5 Å². The van der Waals surface area contributed by atoms with E-state index in [1.165, 1.54) is 7.11 Å². The summed E-state index contributed by atoms with van der Waals surface area (Å²) in [5.41, 5.74) is 0.906. The van der Waals surface area contributed by atoms with Gasteiger partial charge in [0.15, 0.2) is 11.6 Å². The van der Waals surface area contributed by atoms with Crippen molar-refractivity contribution in [3.63, 3.8) is 0 Å². The lowest BCUT2D eigenvalue weighted by Crippen LogP contribution is -2.15. The van der Waals surface area contributed by atoms with E-state index in [0.717, 1.165) is 12.2 Å². The molecule has 0 spiro atoms. The van der Waals surface area contributed by atoms with Gasteiger partial charge in [0.25, 0.3) is 5.56 Å². The lowest BCUT2D eigenvalue weighted by atomic mass is 10.3. The van der Waals surface area contributed by atoms with Crippen LogP contribution in [0.25, 0.3) is 11.5 Å². The molecule has 0 radical (unpaired) electrons. The van der Waals surface area contributed by atoms with Gasteiger partial charge < -0.3 is 15.0 Å². The molecule has 8 heteroatoms. The largest absolute Gasteiger partial charge is 0.489 e. The molecular weight excluding hydrogens is 296 g/mol. The molecule has 3 aromatic rings. The summed E-state index contributed by atoms with van der Waals surface area (Å²) in [6.45, 7) is 2.74. The SMILES string of the molecule is CCn1cc(Nc2nc(-c3ccccn3)[nH]c(=O)c2OC)cn1. The first-order chi connectivity index (χ1) is 11.2. The van der Waals surface area contributed by atoms with Crippen molar-refractivity contribution in [2.75, 3.05) is 12.4 Å². The number of aromatic amines is 1. The zero-order valence-corrected chi connectivity index (χ0v) is 12.8. The van der Waals surface area contributed by atoms with E-state index in [-0.39, 0.29) is 11.3 Å². The zero-order valence-electron chi connectivity index (χ0n) is 12.8. The van der Waals surface area contributed by atoms with Crippen LogP contribution in [0.1, 0.15) is 6.92 Å². The number of aromatic nitrogens is 5. The van der Waals surface area contributed by atoms with Crippen molar-refractivity contribution < 1.29 is 4.74 Å². The monoisotopic (exact) mass is 312 g/mol. The maximum atomic E-state index is 12.2. The van der Waals surface area contributed by atoms with Crippen molar-refractivity contribution in [2.24, 2.45) is 0 Å². The van der Waals surface area contributed by atoms with Gasteiger partial charge in [-0.1, -0.05) is 6.07 Å². The van der Waals surface area contributed by atoms with Crippen LogP contribution in [0.15, 0.2) is 41.6 Å². The molecule has 8 nitrogen and oxygen atoms in total. The Hall–Kier alpha value is -3.16. The fourth-order valence-corrected chi connectivity index (χ4v) is 2.10. The molecule has 3 heterocycles. The van der Waals surface area contributed by atoms with Crippen molar-refractivity contribution in [1.82, 2.24) is 24.7 Å². The summed E-state index contributed by atoms with van der Waals surface area (Å²) in [5, 5.41) is 7.24. The molecule has 118 valence electrons. The third-order valence-electron chi connectivity index (χ3n) is 3.21. The number of nitrogens with zero attached hydrogens (tertiary/aromatic N) is 4. The first kappa shape index (κ1) is 14.8. The highest BCUT2D eigenvalue weighted by Crippen LogP contribution is 2.23. The van der Waals surface area contributed by atoms with E-state index in [0.29, 0.717) is 17.3 Å². The summed E-state index contributed by atoms with van der Waals surface area (Å²) in [6.07, 6.45) is 5.12. The maximum absolute atomic E-state index is 12.2. The summed E-state index contributed by atoms with van der Waals surface area (Å²) >= 11 is 0. The Labute approximate surface area is 132 Å². The molecule has 23 heavy (non-hydrogen) atoms. The number of rotatable bonds is 5. The van der Waals surface area contributed by atoms with Gasteiger partial charge in [-0.05, 0) is 19.1 Å². The molecule has 0 aliphatic carbocycles. The van der Waals surface area contributed by atoms with Crippen LogP contribution in [-0.4, -0.2) is 31.8 Å². The number of ether oxygens (including phenoxy) is 1. The summed E-state index contributed by atoms with van der Waals surface area (Å²) in [5.74, 6) is 0.781. The van der Waals surface area contributed by atoms with Crippen LogP contribution in [0.3, 0.4) is 0 Å². The van der Waals surface area contributed by atoms with Gasteiger partial charge in [-0.25, -0.2) is 4.98 Å². The van der Waals surface area contributed by atoms with E-state index in [2.05, 4.69) is 25.4 Å². The Kier molecular flexibility index (Phi) is 4.05. The van der Waals surface area contributed by atoms with Crippen molar-refractivity contribution >= 4 is 11.5 Å². The topological polar surface area (TPSA) is 97.7 Å². The van der Waals surface area contributed by atoms with Crippen LogP contribution in [0.2, 0.25) is 0 Å². The Morgan fingerprint density at radius 2 is 2.26 bits per heavy atom. The minimum atomic E-state index is -0.381. The van der Waals surface area contributed by atoms with E-state index >= 15 is 0 Å². The van der Waals surface area contributed by atoms with Crippen molar-refractivity contribution in [1.29, 1.82) is 0 Å². The first-order valence-corrected chi connectivity index (χ1v) is 7.10. The Balaban J connectivity index is 2.03. The van der Waals surface area contributed by atoms with E-state index in [1.807, 2.05) is 19.2 Å². The third-order valence-corrected chi connectivity index (χ3v) is 3.21. The number of H-pyrrole nitrogens is 1. The highest BCUT2D eigenvalue weighted by molar-refractivity contribution is 5.63.